The van der Waals surface area contributed by atoms with Crippen molar-refractivity contribution in [3.05, 3.63) is 52.8 Å². The minimum atomic E-state index is 0.652. The number of aromatic nitrogens is 1. The molecule has 0 radical (unpaired) electrons. The van der Waals surface area contributed by atoms with Crippen molar-refractivity contribution in [1.82, 2.24) is 4.98 Å². The van der Waals surface area contributed by atoms with E-state index >= 15 is 0 Å². The second-order valence-electron chi connectivity index (χ2n) is 2.68. The van der Waals surface area contributed by atoms with Crippen molar-refractivity contribution < 1.29 is 4.79 Å². The predicted octanol–water partition coefficient (Wildman–Crippen LogP) is 3.45. The Morgan fingerprint density at radius 1 is 1.27 bits per heavy atom. The lowest BCUT2D eigenvalue weighted by atomic mass is 10.2. The Morgan fingerprint density at radius 3 is 2.60 bits per heavy atom. The van der Waals surface area contributed by atoms with Gasteiger partial charge in [-0.1, -0.05) is 18.2 Å². The van der Waals surface area contributed by atoms with Gasteiger partial charge in [0.2, 0.25) is 0 Å². The summed E-state index contributed by atoms with van der Waals surface area (Å²) in [7, 11) is 0. The molecular weight excluding hydrogens is 301 g/mol. The van der Waals surface area contributed by atoms with Crippen molar-refractivity contribution in [2.45, 2.75) is 0 Å². The number of fused-ring (bicyclic) bond motifs is 1. The molecule has 2 nitrogen and oxygen atoms in total. The standard InChI is InChI=1S/C10H6INO.C2H4/c11-10-8(6-13)5-7-3-1-2-4-9(7)12-10;1-2/h1-6H;1-2H2. The zero-order chi connectivity index (χ0) is 11.3. The topological polar surface area (TPSA) is 30.0 Å². The first-order valence-corrected chi connectivity index (χ1v) is 5.39. The van der Waals surface area contributed by atoms with Gasteiger partial charge in [0.25, 0.3) is 0 Å². The van der Waals surface area contributed by atoms with Gasteiger partial charge in [0, 0.05) is 10.9 Å². The highest BCUT2D eigenvalue weighted by Crippen LogP contribution is 2.16. The predicted molar refractivity (Wildman–Crippen MR) is 71.1 cm³/mol. The molecule has 2 rings (SSSR count). The van der Waals surface area contributed by atoms with Crippen LogP contribution in [0.15, 0.2) is 43.5 Å². The number of benzene rings is 1. The van der Waals surface area contributed by atoms with Crippen molar-refractivity contribution in [2.75, 3.05) is 0 Å². The van der Waals surface area contributed by atoms with Crippen molar-refractivity contribution in [1.29, 1.82) is 0 Å². The molecule has 0 N–H and O–H groups in total. The molecule has 3 heteroatoms. The van der Waals surface area contributed by atoms with Crippen LogP contribution >= 0.6 is 22.6 Å². The number of hydrogen-bond donors (Lipinski definition) is 0. The average Bonchev–Trinajstić information content (AvgIpc) is 2.31. The maximum Gasteiger partial charge on any atom is 0.152 e. The molecule has 0 aliphatic heterocycles. The zero-order valence-electron chi connectivity index (χ0n) is 8.11. The average molecular weight is 311 g/mol. The molecule has 0 amide bonds. The molecule has 0 spiro atoms. The lowest BCUT2D eigenvalue weighted by molar-refractivity contribution is 0.112. The van der Waals surface area contributed by atoms with Crippen molar-refractivity contribution in [3.8, 4) is 0 Å². The summed E-state index contributed by atoms with van der Waals surface area (Å²) in [6.07, 6.45) is 0.835. The Balaban J connectivity index is 0.000000531. The van der Waals surface area contributed by atoms with Crippen LogP contribution in [0.3, 0.4) is 0 Å². The SMILES string of the molecule is C=C.O=Cc1cc2ccccc2nc1I. The highest BCUT2D eigenvalue weighted by molar-refractivity contribution is 14.1. The van der Waals surface area contributed by atoms with Gasteiger partial charge in [0.1, 0.15) is 3.70 Å². The largest absolute Gasteiger partial charge is 0.298 e. The van der Waals surface area contributed by atoms with Crippen LogP contribution in [-0.2, 0) is 0 Å². The van der Waals surface area contributed by atoms with E-state index in [0.717, 1.165) is 20.9 Å². The van der Waals surface area contributed by atoms with E-state index in [1.807, 2.05) is 30.3 Å². The summed E-state index contributed by atoms with van der Waals surface area (Å²) in [6, 6.07) is 9.62. The number of halogens is 1. The molecule has 0 fully saturated rings. The first kappa shape index (κ1) is 11.8. The number of pyridine rings is 1. The third-order valence-corrected chi connectivity index (χ3v) is 2.70. The Hall–Kier alpha value is -1.23. The Kier molecular flexibility index (Phi) is 4.42. The first-order chi connectivity index (χ1) is 7.31. The number of para-hydroxylation sites is 1. The molecule has 0 bridgehead atoms. The van der Waals surface area contributed by atoms with Crippen LogP contribution in [-0.4, -0.2) is 11.3 Å². The monoisotopic (exact) mass is 311 g/mol. The summed E-state index contributed by atoms with van der Waals surface area (Å²) >= 11 is 2.07. The number of hydrogen-bond acceptors (Lipinski definition) is 2. The van der Waals surface area contributed by atoms with Crippen LogP contribution in [0.2, 0.25) is 0 Å². The van der Waals surface area contributed by atoms with Gasteiger partial charge in [-0.3, -0.25) is 4.79 Å². The summed E-state index contributed by atoms with van der Waals surface area (Å²) in [5, 5.41) is 1.00. The highest BCUT2D eigenvalue weighted by atomic mass is 127. The van der Waals surface area contributed by atoms with Crippen molar-refractivity contribution >= 4 is 39.8 Å². The fourth-order valence-corrected chi connectivity index (χ4v) is 1.73. The van der Waals surface area contributed by atoms with Crippen LogP contribution in [0, 0.1) is 3.70 Å². The minimum Gasteiger partial charge on any atom is -0.298 e. The van der Waals surface area contributed by atoms with E-state index in [-0.39, 0.29) is 0 Å². The van der Waals surface area contributed by atoms with Gasteiger partial charge in [-0.2, -0.15) is 0 Å². The maximum absolute atomic E-state index is 10.6. The summed E-state index contributed by atoms with van der Waals surface area (Å²) in [4.78, 5) is 14.9. The van der Waals surface area contributed by atoms with Gasteiger partial charge < -0.3 is 0 Å². The summed E-state index contributed by atoms with van der Waals surface area (Å²) in [6.45, 7) is 6.00. The number of rotatable bonds is 1. The van der Waals surface area contributed by atoms with Crippen LogP contribution in [0.5, 0.6) is 0 Å². The maximum atomic E-state index is 10.6. The molecule has 2 aromatic rings. The third-order valence-electron chi connectivity index (χ3n) is 1.83. The first-order valence-electron chi connectivity index (χ1n) is 4.32. The summed E-state index contributed by atoms with van der Waals surface area (Å²) in [5.41, 5.74) is 1.58. The van der Waals surface area contributed by atoms with E-state index < -0.39 is 0 Å². The highest BCUT2D eigenvalue weighted by Gasteiger charge is 2.01. The van der Waals surface area contributed by atoms with Gasteiger partial charge in [-0.15, -0.1) is 13.2 Å². The third kappa shape index (κ3) is 2.62. The molecule has 15 heavy (non-hydrogen) atoms. The van der Waals surface area contributed by atoms with Crippen LogP contribution in [0.25, 0.3) is 10.9 Å². The van der Waals surface area contributed by atoms with Crippen LogP contribution in [0.4, 0.5) is 0 Å². The van der Waals surface area contributed by atoms with Gasteiger partial charge in [-0.25, -0.2) is 4.98 Å². The molecule has 1 heterocycles. The van der Waals surface area contributed by atoms with Gasteiger partial charge >= 0.3 is 0 Å². The molecule has 0 aliphatic rings. The minimum absolute atomic E-state index is 0.652. The van der Waals surface area contributed by atoms with Gasteiger partial charge in [0.15, 0.2) is 6.29 Å². The normalized spacial score (nSPS) is 9.13. The quantitative estimate of drug-likeness (QED) is 0.349. The second-order valence-corrected chi connectivity index (χ2v) is 3.70. The Morgan fingerprint density at radius 2 is 1.93 bits per heavy atom. The van der Waals surface area contributed by atoms with E-state index in [1.165, 1.54) is 0 Å². The van der Waals surface area contributed by atoms with E-state index in [9.17, 15) is 4.79 Å². The second kappa shape index (κ2) is 5.60. The van der Waals surface area contributed by atoms with Gasteiger partial charge in [0.05, 0.1) is 5.52 Å². The summed E-state index contributed by atoms with van der Waals surface area (Å²) in [5.74, 6) is 0. The van der Waals surface area contributed by atoms with Gasteiger partial charge in [-0.05, 0) is 34.7 Å². The molecule has 1 aromatic carbocycles. The van der Waals surface area contributed by atoms with Crippen LogP contribution in [0.1, 0.15) is 10.4 Å². The number of carbonyl (C=O) groups is 1. The molecule has 0 atom stereocenters. The van der Waals surface area contributed by atoms with Crippen molar-refractivity contribution in [3.63, 3.8) is 0 Å². The molecule has 0 saturated carbocycles. The fraction of sp³-hybridized carbons (Fsp3) is 0. The number of carbonyl (C=O) groups excluding carboxylic acids is 1. The van der Waals surface area contributed by atoms with Crippen molar-refractivity contribution in [2.24, 2.45) is 0 Å². The molecule has 76 valence electrons. The smallest absolute Gasteiger partial charge is 0.152 e. The summed E-state index contributed by atoms with van der Waals surface area (Å²) < 4.78 is 0.756. The lowest BCUT2D eigenvalue weighted by Crippen LogP contribution is -1.90. The molecule has 0 unspecified atom stereocenters. The Bertz CT molecular complexity index is 482. The van der Waals surface area contributed by atoms with E-state index in [0.29, 0.717) is 5.56 Å². The molecule has 1 aromatic heterocycles. The fourth-order valence-electron chi connectivity index (χ4n) is 1.19. The molecule has 0 aliphatic carbocycles. The number of nitrogens with zero attached hydrogens (tertiary/aromatic N) is 1. The number of aldehydes is 1. The molecular formula is C12H10INO. The zero-order valence-corrected chi connectivity index (χ0v) is 10.3. The Labute approximate surface area is 102 Å². The van der Waals surface area contributed by atoms with E-state index in [1.54, 1.807) is 0 Å². The lowest BCUT2D eigenvalue weighted by Gasteiger charge is -1.99. The van der Waals surface area contributed by atoms with Crippen LogP contribution < -0.4 is 0 Å². The van der Waals surface area contributed by atoms with E-state index in [2.05, 4.69) is 40.7 Å². The van der Waals surface area contributed by atoms with E-state index in [4.69, 9.17) is 0 Å². The molecule has 0 saturated heterocycles.